The van der Waals surface area contributed by atoms with E-state index >= 15 is 0 Å². The zero-order valence-electron chi connectivity index (χ0n) is 12.4. The van der Waals surface area contributed by atoms with Crippen LogP contribution < -0.4 is 5.32 Å². The fourth-order valence-electron chi connectivity index (χ4n) is 2.37. The molecule has 1 aromatic heterocycles. The number of halogens is 1. The van der Waals surface area contributed by atoms with Gasteiger partial charge in [-0.3, -0.25) is 9.78 Å². The number of nitrogens with zero attached hydrogens (tertiary/aromatic N) is 1. The van der Waals surface area contributed by atoms with E-state index in [1.54, 1.807) is 19.1 Å². The van der Waals surface area contributed by atoms with Crippen LogP contribution in [0.4, 0.5) is 10.1 Å². The quantitative estimate of drug-likeness (QED) is 0.768. The molecule has 0 aliphatic heterocycles. The zero-order valence-corrected chi connectivity index (χ0v) is 12.4. The Balaban J connectivity index is 2.01. The molecule has 0 aliphatic carbocycles. The number of rotatable bonds is 2. The highest BCUT2D eigenvalue weighted by atomic mass is 19.1. The molecular weight excluding hydrogens is 279 g/mol. The Labute approximate surface area is 127 Å². The van der Waals surface area contributed by atoms with Crippen LogP contribution in [0.5, 0.6) is 0 Å². The molecule has 22 heavy (non-hydrogen) atoms. The van der Waals surface area contributed by atoms with Crippen LogP contribution >= 0.6 is 0 Å². The lowest BCUT2D eigenvalue weighted by Gasteiger charge is -2.10. The van der Waals surface area contributed by atoms with Gasteiger partial charge in [-0.2, -0.15) is 0 Å². The summed E-state index contributed by atoms with van der Waals surface area (Å²) in [6, 6.07) is 13.6. The van der Waals surface area contributed by atoms with Crippen molar-refractivity contribution in [2.75, 3.05) is 5.32 Å². The minimum absolute atomic E-state index is 0.324. The number of benzene rings is 2. The summed E-state index contributed by atoms with van der Waals surface area (Å²) in [6.45, 7) is 3.68. The lowest BCUT2D eigenvalue weighted by molar-refractivity contribution is 0.102. The van der Waals surface area contributed by atoms with Crippen LogP contribution in [0.3, 0.4) is 0 Å². The first-order valence-electron chi connectivity index (χ1n) is 6.98. The maximum Gasteiger partial charge on any atom is 0.256 e. The smallest absolute Gasteiger partial charge is 0.256 e. The molecule has 0 radical (unpaired) electrons. The van der Waals surface area contributed by atoms with E-state index in [2.05, 4.69) is 10.3 Å². The van der Waals surface area contributed by atoms with Crippen molar-refractivity contribution in [1.82, 2.24) is 4.98 Å². The Morgan fingerprint density at radius 1 is 1.09 bits per heavy atom. The van der Waals surface area contributed by atoms with Crippen molar-refractivity contribution in [3.05, 3.63) is 71.2 Å². The van der Waals surface area contributed by atoms with Crippen molar-refractivity contribution < 1.29 is 9.18 Å². The van der Waals surface area contributed by atoms with Crippen LogP contribution in [0.15, 0.2) is 48.5 Å². The molecule has 3 aromatic rings. The van der Waals surface area contributed by atoms with Crippen LogP contribution in [0.1, 0.15) is 21.6 Å². The van der Waals surface area contributed by atoms with E-state index in [1.165, 1.54) is 12.1 Å². The normalized spacial score (nSPS) is 10.7. The zero-order chi connectivity index (χ0) is 15.7. The van der Waals surface area contributed by atoms with E-state index in [-0.39, 0.29) is 5.91 Å². The molecule has 0 spiro atoms. The largest absolute Gasteiger partial charge is 0.320 e. The molecule has 0 unspecified atom stereocenters. The molecule has 1 amide bonds. The van der Waals surface area contributed by atoms with Crippen LogP contribution in [0, 0.1) is 19.7 Å². The number of nitrogens with one attached hydrogen (secondary N) is 1. The Morgan fingerprint density at radius 3 is 2.73 bits per heavy atom. The molecule has 3 nitrogen and oxygen atoms in total. The summed E-state index contributed by atoms with van der Waals surface area (Å²) < 4.78 is 13.4. The molecule has 4 heteroatoms. The monoisotopic (exact) mass is 294 g/mol. The summed E-state index contributed by atoms with van der Waals surface area (Å²) >= 11 is 0. The number of anilines is 1. The fraction of sp³-hybridized carbons (Fsp3) is 0.111. The van der Waals surface area contributed by atoms with Crippen molar-refractivity contribution in [3.8, 4) is 0 Å². The number of carbonyl (C=O) groups excluding carboxylic acids is 1. The predicted molar refractivity (Wildman–Crippen MR) is 85.6 cm³/mol. The van der Waals surface area contributed by atoms with E-state index < -0.39 is 5.82 Å². The number of para-hydroxylation sites is 1. The highest BCUT2D eigenvalue weighted by Gasteiger charge is 2.12. The SMILES string of the molecule is Cc1ccc2cccc(NC(=O)c3cc(F)ccc3C)c2n1. The van der Waals surface area contributed by atoms with Gasteiger partial charge >= 0.3 is 0 Å². The fourth-order valence-corrected chi connectivity index (χ4v) is 2.37. The van der Waals surface area contributed by atoms with Gasteiger partial charge in [0.1, 0.15) is 5.82 Å². The molecule has 0 fully saturated rings. The van der Waals surface area contributed by atoms with Crippen molar-refractivity contribution >= 4 is 22.5 Å². The lowest BCUT2D eigenvalue weighted by Crippen LogP contribution is -2.14. The van der Waals surface area contributed by atoms with Gasteiger partial charge in [0.15, 0.2) is 0 Å². The number of aromatic nitrogens is 1. The minimum Gasteiger partial charge on any atom is -0.320 e. The first-order chi connectivity index (χ1) is 10.5. The highest BCUT2D eigenvalue weighted by Crippen LogP contribution is 2.23. The Morgan fingerprint density at radius 2 is 1.91 bits per heavy atom. The van der Waals surface area contributed by atoms with Gasteiger partial charge in [0, 0.05) is 16.6 Å². The topological polar surface area (TPSA) is 42.0 Å². The molecule has 1 N–H and O–H groups in total. The first kappa shape index (κ1) is 14.2. The Bertz CT molecular complexity index is 874. The van der Waals surface area contributed by atoms with Gasteiger partial charge in [0.05, 0.1) is 11.2 Å². The van der Waals surface area contributed by atoms with Crippen molar-refractivity contribution in [2.45, 2.75) is 13.8 Å². The number of pyridine rings is 1. The van der Waals surface area contributed by atoms with Crippen LogP contribution in [0.25, 0.3) is 10.9 Å². The second kappa shape index (κ2) is 5.56. The van der Waals surface area contributed by atoms with Crippen LogP contribution in [0.2, 0.25) is 0 Å². The number of aryl methyl sites for hydroxylation is 2. The molecule has 2 aromatic carbocycles. The number of amides is 1. The van der Waals surface area contributed by atoms with E-state index in [0.29, 0.717) is 11.3 Å². The van der Waals surface area contributed by atoms with E-state index in [1.807, 2.05) is 31.2 Å². The summed E-state index contributed by atoms with van der Waals surface area (Å²) in [5.41, 5.74) is 3.27. The molecule has 3 rings (SSSR count). The average molecular weight is 294 g/mol. The van der Waals surface area contributed by atoms with Crippen LogP contribution in [-0.4, -0.2) is 10.9 Å². The molecule has 110 valence electrons. The summed E-state index contributed by atoms with van der Waals surface area (Å²) in [7, 11) is 0. The van der Waals surface area contributed by atoms with Gasteiger partial charge in [-0.1, -0.05) is 24.3 Å². The second-order valence-electron chi connectivity index (χ2n) is 5.24. The van der Waals surface area contributed by atoms with Crippen molar-refractivity contribution in [1.29, 1.82) is 0 Å². The first-order valence-corrected chi connectivity index (χ1v) is 6.98. The second-order valence-corrected chi connectivity index (χ2v) is 5.24. The van der Waals surface area contributed by atoms with Gasteiger partial charge in [0.25, 0.3) is 5.91 Å². The summed E-state index contributed by atoms with van der Waals surface area (Å²) in [5, 5.41) is 3.77. The Kier molecular flexibility index (Phi) is 3.59. The molecule has 0 aliphatic rings. The third-order valence-electron chi connectivity index (χ3n) is 3.55. The van der Waals surface area contributed by atoms with Gasteiger partial charge in [-0.05, 0) is 43.7 Å². The third kappa shape index (κ3) is 2.68. The van der Waals surface area contributed by atoms with Crippen molar-refractivity contribution in [2.24, 2.45) is 0 Å². The molecule has 0 saturated carbocycles. The van der Waals surface area contributed by atoms with E-state index in [4.69, 9.17) is 0 Å². The van der Waals surface area contributed by atoms with E-state index in [9.17, 15) is 9.18 Å². The lowest BCUT2D eigenvalue weighted by atomic mass is 10.1. The summed E-state index contributed by atoms with van der Waals surface area (Å²) in [4.78, 5) is 16.9. The maximum atomic E-state index is 13.4. The maximum absolute atomic E-state index is 13.4. The van der Waals surface area contributed by atoms with Gasteiger partial charge in [-0.15, -0.1) is 0 Å². The van der Waals surface area contributed by atoms with Gasteiger partial charge < -0.3 is 5.32 Å². The van der Waals surface area contributed by atoms with Gasteiger partial charge in [-0.25, -0.2) is 4.39 Å². The Hall–Kier alpha value is -2.75. The summed E-state index contributed by atoms with van der Waals surface area (Å²) in [5.74, 6) is -0.768. The third-order valence-corrected chi connectivity index (χ3v) is 3.55. The molecular formula is C18H15FN2O. The number of fused-ring (bicyclic) bond motifs is 1. The highest BCUT2D eigenvalue weighted by molar-refractivity contribution is 6.09. The van der Waals surface area contributed by atoms with Gasteiger partial charge in [0.2, 0.25) is 0 Å². The van der Waals surface area contributed by atoms with Crippen LogP contribution in [-0.2, 0) is 0 Å². The predicted octanol–water partition coefficient (Wildman–Crippen LogP) is 4.24. The number of hydrogen-bond donors (Lipinski definition) is 1. The number of hydrogen-bond acceptors (Lipinski definition) is 2. The van der Waals surface area contributed by atoms with E-state index in [0.717, 1.165) is 22.2 Å². The molecule has 0 atom stereocenters. The molecule has 0 bridgehead atoms. The minimum atomic E-state index is -0.428. The standard InChI is InChI=1S/C18H15FN2O/c1-11-6-9-14(19)10-15(11)18(22)21-16-5-3-4-13-8-7-12(2)20-17(13)16/h3-10H,1-2H3,(H,21,22). The average Bonchev–Trinajstić information content (AvgIpc) is 2.50. The van der Waals surface area contributed by atoms with Crippen molar-refractivity contribution in [3.63, 3.8) is 0 Å². The number of carbonyl (C=O) groups is 1. The molecule has 1 heterocycles. The molecule has 0 saturated heterocycles. The summed E-state index contributed by atoms with van der Waals surface area (Å²) in [6.07, 6.45) is 0.